The lowest BCUT2D eigenvalue weighted by molar-refractivity contribution is 0.560. The van der Waals surface area contributed by atoms with E-state index in [1.54, 1.807) is 22.6 Å². The molecular weight excluding hydrogens is 319 g/mol. The lowest BCUT2D eigenvalue weighted by Crippen LogP contribution is -1.97. The molecule has 0 bridgehead atoms. The zero-order chi connectivity index (χ0) is 9.35. The Morgan fingerprint density at radius 1 is 1.50 bits per heavy atom. The summed E-state index contributed by atoms with van der Waals surface area (Å²) in [5.41, 5.74) is 0. The first-order chi connectivity index (χ1) is 5.39. The summed E-state index contributed by atoms with van der Waals surface area (Å²) < 4.78 is 34.3. The zero-order valence-corrected chi connectivity index (χ0v) is 9.19. The smallest absolute Gasteiger partial charge is 0.207 e. The molecule has 0 aliphatic heterocycles. The molecule has 1 aromatic rings. The zero-order valence-electron chi connectivity index (χ0n) is 5.46. The molecule has 7 heteroatoms. The molecule has 0 fully saturated rings. The number of pyridine rings is 1. The van der Waals surface area contributed by atoms with Gasteiger partial charge in [-0.15, -0.1) is 0 Å². The van der Waals surface area contributed by atoms with Gasteiger partial charge in [0.1, 0.15) is 0 Å². The minimum Gasteiger partial charge on any atom is -0.207 e. The molecule has 0 unspecified atom stereocenters. The van der Waals surface area contributed by atoms with Crippen LogP contribution in [0.5, 0.6) is 0 Å². The molecule has 0 aromatic carbocycles. The van der Waals surface area contributed by atoms with Crippen LogP contribution < -0.4 is 0 Å². The number of hydrogen-bond donors (Lipinski definition) is 0. The van der Waals surface area contributed by atoms with Gasteiger partial charge in [-0.2, -0.15) is 4.39 Å². The van der Waals surface area contributed by atoms with Crippen LogP contribution in [0.25, 0.3) is 0 Å². The highest BCUT2D eigenvalue weighted by Gasteiger charge is 2.13. The predicted octanol–water partition coefficient (Wildman–Crippen LogP) is 1.75. The Kier molecular flexibility index (Phi) is 2.89. The molecule has 1 rings (SSSR count). The number of rotatable bonds is 1. The second-order valence-corrected chi connectivity index (χ2v) is 5.64. The van der Waals surface area contributed by atoms with Crippen molar-refractivity contribution in [1.29, 1.82) is 0 Å². The van der Waals surface area contributed by atoms with Gasteiger partial charge in [0.15, 0.2) is 5.03 Å². The van der Waals surface area contributed by atoms with Gasteiger partial charge in [0.25, 0.3) is 9.05 Å². The number of aromatic nitrogens is 1. The minimum absolute atomic E-state index is 0.430. The fraction of sp³-hybridized carbons (Fsp3) is 0. The first-order valence-corrected chi connectivity index (χ1v) is 6.06. The summed E-state index contributed by atoms with van der Waals surface area (Å²) in [7, 11) is 1.01. The van der Waals surface area contributed by atoms with Gasteiger partial charge in [0.2, 0.25) is 5.95 Å². The van der Waals surface area contributed by atoms with Gasteiger partial charge < -0.3 is 0 Å². The third-order valence-electron chi connectivity index (χ3n) is 0.985. The Hall–Kier alpha value is 0.0500. The second kappa shape index (κ2) is 3.43. The van der Waals surface area contributed by atoms with Gasteiger partial charge in [0, 0.05) is 20.3 Å². The molecule has 0 saturated carbocycles. The molecule has 3 nitrogen and oxygen atoms in total. The van der Waals surface area contributed by atoms with Gasteiger partial charge in [-0.05, 0) is 28.7 Å². The van der Waals surface area contributed by atoms with Crippen molar-refractivity contribution in [2.24, 2.45) is 0 Å². The summed E-state index contributed by atoms with van der Waals surface area (Å²) in [5, 5.41) is -0.464. The molecule has 0 aliphatic carbocycles. The quantitative estimate of drug-likeness (QED) is 0.450. The van der Waals surface area contributed by atoms with Crippen molar-refractivity contribution >= 4 is 42.3 Å². The maximum atomic E-state index is 12.5. The summed E-state index contributed by atoms with van der Waals surface area (Å²) in [4.78, 5) is 3.11. The Labute approximate surface area is 86.5 Å². The Balaban J connectivity index is 3.37. The Bertz CT molecular complexity index is 388. The van der Waals surface area contributed by atoms with E-state index in [0.29, 0.717) is 3.57 Å². The van der Waals surface area contributed by atoms with Crippen molar-refractivity contribution < 1.29 is 12.8 Å². The van der Waals surface area contributed by atoms with E-state index in [1.165, 1.54) is 6.07 Å². The summed E-state index contributed by atoms with van der Waals surface area (Å²) in [6, 6.07) is 2.29. The summed E-state index contributed by atoms with van der Waals surface area (Å²) in [5.74, 6) is -0.860. The number of hydrogen-bond acceptors (Lipinski definition) is 3. The van der Waals surface area contributed by atoms with Crippen LogP contribution in [0.1, 0.15) is 0 Å². The van der Waals surface area contributed by atoms with Crippen molar-refractivity contribution in [2.45, 2.75) is 5.03 Å². The van der Waals surface area contributed by atoms with E-state index in [4.69, 9.17) is 10.7 Å². The van der Waals surface area contributed by atoms with Crippen molar-refractivity contribution in [3.63, 3.8) is 0 Å². The van der Waals surface area contributed by atoms with E-state index in [-0.39, 0.29) is 0 Å². The van der Waals surface area contributed by atoms with Crippen molar-refractivity contribution in [3.8, 4) is 0 Å². The van der Waals surface area contributed by atoms with Crippen LogP contribution in [-0.4, -0.2) is 13.4 Å². The van der Waals surface area contributed by atoms with Crippen molar-refractivity contribution in [3.05, 3.63) is 21.7 Å². The summed E-state index contributed by atoms with van der Waals surface area (Å²) >= 11 is 1.77. The molecule has 0 aliphatic rings. The molecule has 1 heterocycles. The molecule has 66 valence electrons. The van der Waals surface area contributed by atoms with Gasteiger partial charge >= 0.3 is 0 Å². The Morgan fingerprint density at radius 3 is 2.50 bits per heavy atom. The molecular formula is C5H2ClFINO2S. The molecule has 0 saturated heterocycles. The van der Waals surface area contributed by atoms with E-state index >= 15 is 0 Å². The van der Waals surface area contributed by atoms with Crippen LogP contribution in [0.2, 0.25) is 0 Å². The highest BCUT2D eigenvalue weighted by atomic mass is 127. The van der Waals surface area contributed by atoms with E-state index in [0.717, 1.165) is 6.07 Å². The summed E-state index contributed by atoms with van der Waals surface area (Å²) in [6.45, 7) is 0. The molecule has 1 aromatic heterocycles. The van der Waals surface area contributed by atoms with Crippen LogP contribution in [0.3, 0.4) is 0 Å². The molecule has 0 radical (unpaired) electrons. The number of nitrogens with zero attached hydrogens (tertiary/aromatic N) is 1. The average molecular weight is 321 g/mol. The third kappa shape index (κ3) is 2.53. The van der Waals surface area contributed by atoms with E-state index < -0.39 is 20.0 Å². The first-order valence-electron chi connectivity index (χ1n) is 2.67. The molecule has 0 amide bonds. The predicted molar refractivity (Wildman–Crippen MR) is 50.0 cm³/mol. The maximum absolute atomic E-state index is 12.5. The van der Waals surface area contributed by atoms with Gasteiger partial charge in [-0.3, -0.25) is 0 Å². The normalized spacial score (nSPS) is 11.6. The van der Waals surface area contributed by atoms with Crippen molar-refractivity contribution in [2.75, 3.05) is 0 Å². The summed E-state index contributed by atoms with van der Waals surface area (Å²) in [6.07, 6.45) is 0. The van der Waals surface area contributed by atoms with Crippen LogP contribution in [-0.2, 0) is 9.05 Å². The SMILES string of the molecule is O=S(=O)(Cl)c1cc(I)cc(F)n1. The fourth-order valence-electron chi connectivity index (χ4n) is 0.568. The highest BCUT2D eigenvalue weighted by molar-refractivity contribution is 14.1. The third-order valence-corrected chi connectivity index (χ3v) is 2.79. The fourth-order valence-corrected chi connectivity index (χ4v) is 2.03. The molecule has 0 spiro atoms. The average Bonchev–Trinajstić information content (AvgIpc) is 1.82. The van der Waals surface area contributed by atoms with E-state index in [2.05, 4.69) is 4.98 Å². The first kappa shape index (κ1) is 10.1. The maximum Gasteiger partial charge on any atom is 0.278 e. The minimum atomic E-state index is -3.93. The van der Waals surface area contributed by atoms with Gasteiger partial charge in [-0.25, -0.2) is 13.4 Å². The van der Waals surface area contributed by atoms with E-state index in [9.17, 15) is 12.8 Å². The Morgan fingerprint density at radius 2 is 2.08 bits per heavy atom. The van der Waals surface area contributed by atoms with Crippen LogP contribution in [0.4, 0.5) is 4.39 Å². The molecule has 12 heavy (non-hydrogen) atoms. The van der Waals surface area contributed by atoms with Gasteiger partial charge in [0.05, 0.1) is 0 Å². The number of halogens is 3. The van der Waals surface area contributed by atoms with Crippen molar-refractivity contribution in [1.82, 2.24) is 4.98 Å². The van der Waals surface area contributed by atoms with Crippen LogP contribution in [0, 0.1) is 9.52 Å². The monoisotopic (exact) mass is 321 g/mol. The molecule has 0 atom stereocenters. The second-order valence-electron chi connectivity index (χ2n) is 1.88. The van der Waals surface area contributed by atoms with Crippen LogP contribution >= 0.6 is 33.3 Å². The largest absolute Gasteiger partial charge is 0.278 e. The van der Waals surface area contributed by atoms with E-state index in [1.807, 2.05) is 0 Å². The lowest BCUT2D eigenvalue weighted by atomic mass is 10.5. The topological polar surface area (TPSA) is 47.0 Å². The van der Waals surface area contributed by atoms with Gasteiger partial charge in [-0.1, -0.05) is 0 Å². The lowest BCUT2D eigenvalue weighted by Gasteiger charge is -1.95. The highest BCUT2D eigenvalue weighted by Crippen LogP contribution is 2.15. The molecule has 0 N–H and O–H groups in total. The standard InChI is InChI=1S/C5H2ClFINO2S/c6-12(10,11)5-2-3(8)1-4(7)9-5/h1-2H. The van der Waals surface area contributed by atoms with Crippen LogP contribution in [0.15, 0.2) is 17.2 Å².